The van der Waals surface area contributed by atoms with E-state index >= 15 is 0 Å². The molecule has 1 aromatic rings. The van der Waals surface area contributed by atoms with Crippen LogP contribution < -0.4 is 5.73 Å². The van der Waals surface area contributed by atoms with Crippen LogP contribution in [0.5, 0.6) is 0 Å². The number of morpholine rings is 1. The predicted octanol–water partition coefficient (Wildman–Crippen LogP) is 1.78. The summed E-state index contributed by atoms with van der Waals surface area (Å²) in [6, 6.07) is 4.08. The zero-order chi connectivity index (χ0) is 12.5. The molecule has 2 heterocycles. The number of ether oxygens (including phenoxy) is 1. The lowest BCUT2D eigenvalue weighted by atomic mass is 10.0. The van der Waals surface area contributed by atoms with E-state index in [2.05, 4.69) is 18.7 Å². The van der Waals surface area contributed by atoms with E-state index in [1.54, 1.807) is 6.26 Å². The van der Waals surface area contributed by atoms with Gasteiger partial charge in [-0.15, -0.1) is 0 Å². The van der Waals surface area contributed by atoms with Crippen molar-refractivity contribution in [2.24, 2.45) is 5.73 Å². The fourth-order valence-corrected chi connectivity index (χ4v) is 2.52. The third-order valence-electron chi connectivity index (χ3n) is 3.18. The van der Waals surface area contributed by atoms with Crippen LogP contribution >= 0.6 is 0 Å². The summed E-state index contributed by atoms with van der Waals surface area (Å²) in [5.41, 5.74) is 5.99. The largest absolute Gasteiger partial charge is 0.468 e. The van der Waals surface area contributed by atoms with Crippen molar-refractivity contribution in [2.75, 3.05) is 19.7 Å². The molecule has 0 spiro atoms. The van der Waals surface area contributed by atoms with E-state index in [1.807, 2.05) is 19.1 Å². The van der Waals surface area contributed by atoms with Crippen LogP contribution in [0.1, 0.15) is 32.6 Å². The molecular weight excluding hydrogens is 216 g/mol. The van der Waals surface area contributed by atoms with Gasteiger partial charge in [0.1, 0.15) is 5.76 Å². The van der Waals surface area contributed by atoms with Gasteiger partial charge < -0.3 is 14.9 Å². The van der Waals surface area contributed by atoms with Gasteiger partial charge in [-0.25, -0.2) is 0 Å². The van der Waals surface area contributed by atoms with Gasteiger partial charge in [0.25, 0.3) is 0 Å². The van der Waals surface area contributed by atoms with Crippen LogP contribution in [0.15, 0.2) is 22.8 Å². The first kappa shape index (κ1) is 12.6. The first-order valence-electron chi connectivity index (χ1n) is 6.16. The quantitative estimate of drug-likeness (QED) is 0.872. The number of furan rings is 1. The Kier molecular flexibility index (Phi) is 3.56. The van der Waals surface area contributed by atoms with Crippen molar-refractivity contribution in [3.8, 4) is 0 Å². The molecule has 2 rings (SSSR count). The Morgan fingerprint density at radius 3 is 2.76 bits per heavy atom. The number of hydrogen-bond donors (Lipinski definition) is 1. The van der Waals surface area contributed by atoms with Gasteiger partial charge in [-0.2, -0.15) is 0 Å². The summed E-state index contributed by atoms with van der Waals surface area (Å²) in [6.45, 7) is 8.77. The standard InChI is InChI=1S/C13H22N2O2/c1-10(14)12(11-5-4-7-16-11)15-6-8-17-13(2,3)9-15/h4-5,7,10,12H,6,8-9,14H2,1-3H3. The van der Waals surface area contributed by atoms with E-state index in [-0.39, 0.29) is 17.7 Å². The third-order valence-corrected chi connectivity index (χ3v) is 3.18. The molecule has 0 bridgehead atoms. The maximum absolute atomic E-state index is 6.10. The molecule has 0 radical (unpaired) electrons. The Morgan fingerprint density at radius 2 is 2.24 bits per heavy atom. The van der Waals surface area contributed by atoms with Gasteiger partial charge in [-0.1, -0.05) is 0 Å². The Bertz CT molecular complexity index is 346. The van der Waals surface area contributed by atoms with Gasteiger partial charge in [0.05, 0.1) is 24.5 Å². The summed E-state index contributed by atoms with van der Waals surface area (Å²) < 4.78 is 11.2. The highest BCUT2D eigenvalue weighted by Gasteiger charge is 2.34. The van der Waals surface area contributed by atoms with Crippen LogP contribution in [-0.4, -0.2) is 36.2 Å². The highest BCUT2D eigenvalue weighted by Crippen LogP contribution is 2.28. The van der Waals surface area contributed by atoms with Gasteiger partial charge in [0.15, 0.2) is 0 Å². The van der Waals surface area contributed by atoms with E-state index in [1.165, 1.54) is 0 Å². The molecule has 2 N–H and O–H groups in total. The summed E-state index contributed by atoms with van der Waals surface area (Å²) in [5, 5.41) is 0. The molecule has 4 nitrogen and oxygen atoms in total. The van der Waals surface area contributed by atoms with Crippen LogP contribution in [0.25, 0.3) is 0 Å². The van der Waals surface area contributed by atoms with Crippen molar-refractivity contribution in [3.63, 3.8) is 0 Å². The lowest BCUT2D eigenvalue weighted by Crippen LogP contribution is -2.52. The molecule has 1 aromatic heterocycles. The van der Waals surface area contributed by atoms with E-state index < -0.39 is 0 Å². The Balaban J connectivity index is 2.17. The zero-order valence-corrected chi connectivity index (χ0v) is 10.8. The molecule has 0 aliphatic carbocycles. The summed E-state index contributed by atoms with van der Waals surface area (Å²) in [6.07, 6.45) is 1.70. The summed E-state index contributed by atoms with van der Waals surface area (Å²) in [5.74, 6) is 0.942. The zero-order valence-electron chi connectivity index (χ0n) is 10.8. The van der Waals surface area contributed by atoms with E-state index in [9.17, 15) is 0 Å². The van der Waals surface area contributed by atoms with Crippen molar-refractivity contribution in [2.45, 2.75) is 38.5 Å². The second kappa shape index (κ2) is 4.80. The average Bonchev–Trinajstić information content (AvgIpc) is 2.69. The molecule has 2 unspecified atom stereocenters. The summed E-state index contributed by atoms with van der Waals surface area (Å²) in [4.78, 5) is 2.35. The Labute approximate surface area is 103 Å². The normalized spacial score (nSPS) is 24.5. The van der Waals surface area contributed by atoms with Gasteiger partial charge in [0.2, 0.25) is 0 Å². The minimum atomic E-state index is -0.113. The van der Waals surface area contributed by atoms with Crippen LogP contribution in [0.3, 0.4) is 0 Å². The molecule has 1 saturated heterocycles. The first-order chi connectivity index (χ1) is 7.99. The van der Waals surface area contributed by atoms with Crippen molar-refractivity contribution in [1.29, 1.82) is 0 Å². The minimum absolute atomic E-state index is 0.0371. The molecule has 1 aliphatic heterocycles. The van der Waals surface area contributed by atoms with Gasteiger partial charge in [0, 0.05) is 19.1 Å². The molecule has 1 aliphatic rings. The van der Waals surface area contributed by atoms with Gasteiger partial charge >= 0.3 is 0 Å². The summed E-state index contributed by atoms with van der Waals surface area (Å²) in [7, 11) is 0. The van der Waals surface area contributed by atoms with Crippen LogP contribution in [0.4, 0.5) is 0 Å². The van der Waals surface area contributed by atoms with Crippen molar-refractivity contribution < 1.29 is 9.15 Å². The molecule has 0 aromatic carbocycles. The Morgan fingerprint density at radius 1 is 1.47 bits per heavy atom. The number of nitrogens with zero attached hydrogens (tertiary/aromatic N) is 1. The van der Waals surface area contributed by atoms with E-state index in [0.717, 1.165) is 25.5 Å². The topological polar surface area (TPSA) is 51.6 Å². The molecule has 0 amide bonds. The van der Waals surface area contributed by atoms with Gasteiger partial charge in [-0.3, -0.25) is 4.90 Å². The number of hydrogen-bond acceptors (Lipinski definition) is 4. The molecule has 0 saturated carbocycles. The maximum Gasteiger partial charge on any atom is 0.122 e. The monoisotopic (exact) mass is 238 g/mol. The molecule has 17 heavy (non-hydrogen) atoms. The lowest BCUT2D eigenvalue weighted by Gasteiger charge is -2.42. The van der Waals surface area contributed by atoms with Crippen molar-refractivity contribution in [3.05, 3.63) is 24.2 Å². The van der Waals surface area contributed by atoms with Crippen LogP contribution in [-0.2, 0) is 4.74 Å². The van der Waals surface area contributed by atoms with Crippen molar-refractivity contribution >= 4 is 0 Å². The SMILES string of the molecule is CC(N)C(c1ccco1)N1CCOC(C)(C)C1. The first-order valence-corrected chi connectivity index (χ1v) is 6.16. The lowest BCUT2D eigenvalue weighted by molar-refractivity contribution is -0.101. The Hall–Kier alpha value is -0.840. The van der Waals surface area contributed by atoms with Gasteiger partial charge in [-0.05, 0) is 32.9 Å². The highest BCUT2D eigenvalue weighted by molar-refractivity contribution is 5.08. The fourth-order valence-electron chi connectivity index (χ4n) is 2.52. The molecular formula is C13H22N2O2. The van der Waals surface area contributed by atoms with Crippen LogP contribution in [0.2, 0.25) is 0 Å². The average molecular weight is 238 g/mol. The van der Waals surface area contributed by atoms with Crippen LogP contribution in [0, 0.1) is 0 Å². The maximum atomic E-state index is 6.10. The third kappa shape index (κ3) is 2.89. The molecule has 1 fully saturated rings. The summed E-state index contributed by atoms with van der Waals surface area (Å²) >= 11 is 0. The second-order valence-electron chi connectivity index (χ2n) is 5.40. The van der Waals surface area contributed by atoms with E-state index in [0.29, 0.717) is 0 Å². The van der Waals surface area contributed by atoms with Crippen molar-refractivity contribution in [1.82, 2.24) is 4.90 Å². The predicted molar refractivity (Wildman–Crippen MR) is 66.7 cm³/mol. The highest BCUT2D eigenvalue weighted by atomic mass is 16.5. The number of rotatable bonds is 3. The fraction of sp³-hybridized carbons (Fsp3) is 0.692. The van der Waals surface area contributed by atoms with E-state index in [4.69, 9.17) is 14.9 Å². The smallest absolute Gasteiger partial charge is 0.122 e. The molecule has 96 valence electrons. The minimum Gasteiger partial charge on any atom is -0.468 e. The second-order valence-corrected chi connectivity index (χ2v) is 5.40. The molecule has 4 heteroatoms. The number of nitrogens with two attached hydrogens (primary N) is 1. The molecule has 2 atom stereocenters.